The van der Waals surface area contributed by atoms with Gasteiger partial charge in [0.25, 0.3) is 11.6 Å². The third kappa shape index (κ3) is 2.73. The van der Waals surface area contributed by atoms with E-state index >= 15 is 0 Å². The number of nitro groups is 1. The number of nitro benzene ring substituents is 1. The van der Waals surface area contributed by atoms with Gasteiger partial charge in [0, 0.05) is 19.2 Å². The number of carbonyl (C=O) groups is 2. The highest BCUT2D eigenvalue weighted by Gasteiger charge is 2.26. The fraction of sp³-hybridized carbons (Fsp3) is 0.273. The normalized spacial score (nSPS) is 15.0. The van der Waals surface area contributed by atoms with E-state index in [1.54, 1.807) is 0 Å². The molecule has 2 amide bonds. The highest BCUT2D eigenvalue weighted by atomic mass is 79.9. The SMILES string of the molecule is O=C1CN(C(=O)c2cccc([N+](=O)[O-])c2Br)CCN1. The molecule has 1 aliphatic rings. The molecule has 1 N–H and O–H groups in total. The molecule has 2 rings (SSSR count). The van der Waals surface area contributed by atoms with E-state index in [1.807, 2.05) is 0 Å². The van der Waals surface area contributed by atoms with Crippen molar-refractivity contribution >= 4 is 33.4 Å². The van der Waals surface area contributed by atoms with Gasteiger partial charge in [-0.05, 0) is 22.0 Å². The maximum atomic E-state index is 12.2. The van der Waals surface area contributed by atoms with Crippen molar-refractivity contribution in [2.45, 2.75) is 0 Å². The van der Waals surface area contributed by atoms with Gasteiger partial charge in [-0.15, -0.1) is 0 Å². The summed E-state index contributed by atoms with van der Waals surface area (Å²) in [4.78, 5) is 35.1. The molecule has 0 aromatic heterocycles. The number of carbonyl (C=O) groups excluding carboxylic acids is 2. The second kappa shape index (κ2) is 5.35. The Kier molecular flexibility index (Phi) is 3.79. The van der Waals surface area contributed by atoms with Crippen molar-refractivity contribution in [3.8, 4) is 0 Å². The monoisotopic (exact) mass is 327 g/mol. The van der Waals surface area contributed by atoms with E-state index in [4.69, 9.17) is 0 Å². The van der Waals surface area contributed by atoms with E-state index < -0.39 is 10.8 Å². The molecule has 1 fully saturated rings. The minimum Gasteiger partial charge on any atom is -0.353 e. The van der Waals surface area contributed by atoms with Crippen molar-refractivity contribution in [2.24, 2.45) is 0 Å². The van der Waals surface area contributed by atoms with Gasteiger partial charge in [0.2, 0.25) is 5.91 Å². The van der Waals surface area contributed by atoms with Gasteiger partial charge in [0.15, 0.2) is 0 Å². The van der Waals surface area contributed by atoms with Gasteiger partial charge in [-0.2, -0.15) is 0 Å². The molecule has 0 radical (unpaired) electrons. The van der Waals surface area contributed by atoms with E-state index in [9.17, 15) is 19.7 Å². The molecule has 1 aliphatic heterocycles. The third-order valence-corrected chi connectivity index (χ3v) is 3.56. The van der Waals surface area contributed by atoms with Crippen molar-refractivity contribution in [2.75, 3.05) is 19.6 Å². The Hall–Kier alpha value is -1.96. The van der Waals surface area contributed by atoms with Crippen LogP contribution in [-0.4, -0.2) is 41.3 Å². The first-order chi connectivity index (χ1) is 9.00. The van der Waals surface area contributed by atoms with Gasteiger partial charge in [-0.1, -0.05) is 6.07 Å². The molecular formula is C11H10BrN3O4. The summed E-state index contributed by atoms with van der Waals surface area (Å²) in [5, 5.41) is 13.4. The van der Waals surface area contributed by atoms with Crippen molar-refractivity contribution < 1.29 is 14.5 Å². The number of rotatable bonds is 2. The summed E-state index contributed by atoms with van der Waals surface area (Å²) >= 11 is 3.07. The lowest BCUT2D eigenvalue weighted by atomic mass is 10.1. The predicted octanol–water partition coefficient (Wildman–Crippen LogP) is 0.929. The first-order valence-corrected chi connectivity index (χ1v) is 6.29. The molecule has 100 valence electrons. The first kappa shape index (κ1) is 13.5. The van der Waals surface area contributed by atoms with Crippen molar-refractivity contribution in [3.63, 3.8) is 0 Å². The van der Waals surface area contributed by atoms with Crippen molar-refractivity contribution in [1.29, 1.82) is 0 Å². The van der Waals surface area contributed by atoms with Crippen LogP contribution in [0.5, 0.6) is 0 Å². The lowest BCUT2D eigenvalue weighted by Gasteiger charge is -2.26. The molecule has 8 heteroatoms. The van der Waals surface area contributed by atoms with E-state index in [0.717, 1.165) is 0 Å². The Morgan fingerprint density at radius 2 is 2.21 bits per heavy atom. The van der Waals surface area contributed by atoms with Crippen LogP contribution in [0.1, 0.15) is 10.4 Å². The van der Waals surface area contributed by atoms with Gasteiger partial charge < -0.3 is 10.2 Å². The summed E-state index contributed by atoms with van der Waals surface area (Å²) < 4.78 is 0.135. The Balaban J connectivity index is 2.31. The van der Waals surface area contributed by atoms with Crippen molar-refractivity contribution in [1.82, 2.24) is 10.2 Å². The van der Waals surface area contributed by atoms with Gasteiger partial charge in [0.1, 0.15) is 4.47 Å². The summed E-state index contributed by atoms with van der Waals surface area (Å²) in [7, 11) is 0. The third-order valence-electron chi connectivity index (χ3n) is 2.73. The van der Waals surface area contributed by atoms with Gasteiger partial charge in [-0.3, -0.25) is 19.7 Å². The van der Waals surface area contributed by atoms with Crippen LogP contribution in [0.25, 0.3) is 0 Å². The van der Waals surface area contributed by atoms with Crippen LogP contribution in [0, 0.1) is 10.1 Å². The largest absolute Gasteiger partial charge is 0.353 e. The lowest BCUT2D eigenvalue weighted by Crippen LogP contribution is -2.50. The maximum Gasteiger partial charge on any atom is 0.284 e. The topological polar surface area (TPSA) is 92.5 Å². The first-order valence-electron chi connectivity index (χ1n) is 5.49. The maximum absolute atomic E-state index is 12.2. The van der Waals surface area contributed by atoms with Gasteiger partial charge in [0.05, 0.1) is 17.0 Å². The van der Waals surface area contributed by atoms with Crippen molar-refractivity contribution in [3.05, 3.63) is 38.3 Å². The van der Waals surface area contributed by atoms with E-state index in [-0.39, 0.29) is 28.2 Å². The molecular weight excluding hydrogens is 318 g/mol. The Bertz CT molecular complexity index is 561. The smallest absolute Gasteiger partial charge is 0.284 e. The molecule has 0 spiro atoms. The second-order valence-electron chi connectivity index (χ2n) is 3.97. The number of piperazine rings is 1. The van der Waals surface area contributed by atoms with Crippen LogP contribution in [0.2, 0.25) is 0 Å². The van der Waals surface area contributed by atoms with Gasteiger partial charge >= 0.3 is 0 Å². The van der Waals surface area contributed by atoms with Crippen LogP contribution in [0.3, 0.4) is 0 Å². The van der Waals surface area contributed by atoms with Crippen LogP contribution in [0.4, 0.5) is 5.69 Å². The van der Waals surface area contributed by atoms with Crippen LogP contribution in [0.15, 0.2) is 22.7 Å². The van der Waals surface area contributed by atoms with E-state index in [0.29, 0.717) is 13.1 Å². The zero-order valence-electron chi connectivity index (χ0n) is 9.76. The van der Waals surface area contributed by atoms with Crippen LogP contribution >= 0.6 is 15.9 Å². The molecule has 0 atom stereocenters. The van der Waals surface area contributed by atoms with Gasteiger partial charge in [-0.25, -0.2) is 0 Å². The fourth-order valence-corrected chi connectivity index (χ4v) is 2.39. The molecule has 1 aromatic carbocycles. The standard InChI is InChI=1S/C11H10BrN3O4/c12-10-7(2-1-3-8(10)15(18)19)11(17)14-5-4-13-9(16)6-14/h1-3H,4-6H2,(H,13,16). The molecule has 19 heavy (non-hydrogen) atoms. The Labute approximate surface area is 116 Å². The predicted molar refractivity (Wildman–Crippen MR) is 69.7 cm³/mol. The minimum atomic E-state index is -0.566. The van der Waals surface area contributed by atoms with E-state index in [2.05, 4.69) is 21.2 Å². The number of nitrogens with one attached hydrogen (secondary N) is 1. The Morgan fingerprint density at radius 1 is 1.47 bits per heavy atom. The number of hydrogen-bond acceptors (Lipinski definition) is 4. The molecule has 1 aromatic rings. The zero-order valence-corrected chi connectivity index (χ0v) is 11.3. The molecule has 7 nitrogen and oxygen atoms in total. The highest BCUT2D eigenvalue weighted by molar-refractivity contribution is 9.10. The summed E-state index contributed by atoms with van der Waals surface area (Å²) in [6, 6.07) is 4.25. The molecule has 1 saturated heterocycles. The molecule has 1 heterocycles. The number of halogens is 1. The summed E-state index contributed by atoms with van der Waals surface area (Å²) in [5.41, 5.74) is 0.0104. The fourth-order valence-electron chi connectivity index (χ4n) is 1.81. The zero-order chi connectivity index (χ0) is 14.0. The summed E-state index contributed by atoms with van der Waals surface area (Å²) in [5.74, 6) is -0.633. The number of nitrogens with zero attached hydrogens (tertiary/aromatic N) is 2. The number of benzene rings is 1. The lowest BCUT2D eigenvalue weighted by molar-refractivity contribution is -0.385. The average molecular weight is 328 g/mol. The highest BCUT2D eigenvalue weighted by Crippen LogP contribution is 2.29. The minimum absolute atomic E-state index is 0.0338. The second-order valence-corrected chi connectivity index (χ2v) is 4.77. The molecule has 0 bridgehead atoms. The average Bonchev–Trinajstić information content (AvgIpc) is 2.38. The van der Waals surface area contributed by atoms with Crippen LogP contribution in [-0.2, 0) is 4.79 Å². The Morgan fingerprint density at radius 3 is 2.84 bits per heavy atom. The quantitative estimate of drug-likeness (QED) is 0.646. The summed E-state index contributed by atoms with van der Waals surface area (Å²) in [6.07, 6.45) is 0. The molecule has 0 unspecified atom stereocenters. The van der Waals surface area contributed by atoms with Crippen LogP contribution < -0.4 is 5.32 Å². The van der Waals surface area contributed by atoms with E-state index in [1.165, 1.54) is 23.1 Å². The molecule has 0 saturated carbocycles. The molecule has 0 aliphatic carbocycles. The summed E-state index contributed by atoms with van der Waals surface area (Å²) in [6.45, 7) is 0.741. The number of amides is 2. The number of hydrogen-bond donors (Lipinski definition) is 1.